The maximum atomic E-state index is 6.32. The normalized spacial score (nSPS) is 21.4. The van der Waals surface area contributed by atoms with Crippen LogP contribution in [0.15, 0.2) is 22.8 Å². The smallest absolute Gasteiger partial charge is 0.122 e. The molecule has 0 aromatic carbocycles. The molecule has 1 fully saturated rings. The number of hydrogen-bond acceptors (Lipinski definition) is 4. The summed E-state index contributed by atoms with van der Waals surface area (Å²) in [5, 5.41) is 0. The number of hydrogen-bond donors (Lipinski definition) is 1. The van der Waals surface area contributed by atoms with E-state index in [0.29, 0.717) is 0 Å². The second-order valence-corrected chi connectivity index (χ2v) is 5.41. The fourth-order valence-electron chi connectivity index (χ4n) is 2.93. The van der Waals surface area contributed by atoms with E-state index in [2.05, 4.69) is 29.7 Å². The van der Waals surface area contributed by atoms with Crippen molar-refractivity contribution in [1.82, 2.24) is 9.80 Å². The summed E-state index contributed by atoms with van der Waals surface area (Å²) in [6.45, 7) is 10.0. The fourth-order valence-corrected chi connectivity index (χ4v) is 2.93. The van der Waals surface area contributed by atoms with Gasteiger partial charge >= 0.3 is 0 Å². The van der Waals surface area contributed by atoms with Crippen LogP contribution in [0.3, 0.4) is 0 Å². The van der Waals surface area contributed by atoms with Crippen molar-refractivity contribution in [3.63, 3.8) is 0 Å². The molecule has 0 aliphatic carbocycles. The molecule has 0 saturated carbocycles. The molecule has 2 rings (SSSR count). The number of piperazine rings is 1. The summed E-state index contributed by atoms with van der Waals surface area (Å²) in [4.78, 5) is 5.02. The highest BCUT2D eigenvalue weighted by Gasteiger charge is 2.30. The van der Waals surface area contributed by atoms with Gasteiger partial charge in [-0.1, -0.05) is 13.8 Å². The predicted octanol–water partition coefficient (Wildman–Crippen LogP) is 2.09. The van der Waals surface area contributed by atoms with Crippen LogP contribution in [0.4, 0.5) is 0 Å². The van der Waals surface area contributed by atoms with E-state index in [0.717, 1.165) is 38.4 Å². The van der Waals surface area contributed by atoms with Crippen LogP contribution in [0, 0.1) is 0 Å². The SMILES string of the molecule is CCCN1CCN(C(c2ccco2)C(N)CC)CC1. The minimum Gasteiger partial charge on any atom is -0.468 e. The average Bonchev–Trinajstić information content (AvgIpc) is 2.95. The molecule has 2 atom stereocenters. The largest absolute Gasteiger partial charge is 0.468 e. The molecule has 1 aromatic rings. The van der Waals surface area contributed by atoms with Gasteiger partial charge in [0.2, 0.25) is 0 Å². The lowest BCUT2D eigenvalue weighted by atomic mass is 10.0. The molecule has 2 unspecified atom stereocenters. The second kappa shape index (κ2) is 7.08. The Morgan fingerprint density at radius 2 is 2.00 bits per heavy atom. The number of rotatable bonds is 6. The van der Waals surface area contributed by atoms with Gasteiger partial charge in [0.05, 0.1) is 12.3 Å². The predicted molar refractivity (Wildman–Crippen MR) is 78.0 cm³/mol. The fraction of sp³-hybridized carbons (Fsp3) is 0.733. The molecule has 1 aliphatic rings. The first-order valence-electron chi connectivity index (χ1n) is 7.51. The van der Waals surface area contributed by atoms with Crippen LogP contribution in [-0.4, -0.2) is 48.6 Å². The molecule has 4 nitrogen and oxygen atoms in total. The van der Waals surface area contributed by atoms with E-state index in [4.69, 9.17) is 10.2 Å². The van der Waals surface area contributed by atoms with Crippen LogP contribution in [0.2, 0.25) is 0 Å². The van der Waals surface area contributed by atoms with E-state index < -0.39 is 0 Å². The zero-order chi connectivity index (χ0) is 13.7. The van der Waals surface area contributed by atoms with Gasteiger partial charge in [0.1, 0.15) is 5.76 Å². The first-order chi connectivity index (χ1) is 9.26. The average molecular weight is 265 g/mol. The highest BCUT2D eigenvalue weighted by atomic mass is 16.3. The Labute approximate surface area is 116 Å². The van der Waals surface area contributed by atoms with Gasteiger partial charge in [0.15, 0.2) is 0 Å². The Balaban J connectivity index is 2.00. The molecule has 1 aromatic heterocycles. The summed E-state index contributed by atoms with van der Waals surface area (Å²) < 4.78 is 5.61. The Morgan fingerprint density at radius 3 is 2.53 bits per heavy atom. The third kappa shape index (κ3) is 3.59. The van der Waals surface area contributed by atoms with Crippen LogP contribution in [0.5, 0.6) is 0 Å². The summed E-state index contributed by atoms with van der Waals surface area (Å²) >= 11 is 0. The van der Waals surface area contributed by atoms with Crippen molar-refractivity contribution >= 4 is 0 Å². The van der Waals surface area contributed by atoms with Crippen molar-refractivity contribution in [1.29, 1.82) is 0 Å². The third-order valence-corrected chi connectivity index (χ3v) is 4.05. The van der Waals surface area contributed by atoms with Gasteiger partial charge in [-0.25, -0.2) is 0 Å². The third-order valence-electron chi connectivity index (χ3n) is 4.05. The lowest BCUT2D eigenvalue weighted by Gasteiger charge is -2.40. The van der Waals surface area contributed by atoms with Crippen molar-refractivity contribution in [3.8, 4) is 0 Å². The first kappa shape index (κ1) is 14.6. The van der Waals surface area contributed by atoms with Crippen molar-refractivity contribution in [2.45, 2.75) is 38.8 Å². The minimum absolute atomic E-state index is 0.142. The molecular weight excluding hydrogens is 238 g/mol. The molecule has 2 N–H and O–H groups in total. The Kier molecular flexibility index (Phi) is 5.43. The summed E-state index contributed by atoms with van der Waals surface area (Å²) in [5.41, 5.74) is 6.32. The van der Waals surface area contributed by atoms with E-state index in [9.17, 15) is 0 Å². The van der Waals surface area contributed by atoms with Crippen LogP contribution in [0.1, 0.15) is 38.5 Å². The number of nitrogens with two attached hydrogens (primary N) is 1. The van der Waals surface area contributed by atoms with E-state index in [1.165, 1.54) is 13.0 Å². The van der Waals surface area contributed by atoms with Crippen molar-refractivity contribution < 1.29 is 4.42 Å². The van der Waals surface area contributed by atoms with Crippen LogP contribution < -0.4 is 5.73 Å². The van der Waals surface area contributed by atoms with E-state index >= 15 is 0 Å². The lowest BCUT2D eigenvalue weighted by Crippen LogP contribution is -2.51. The highest BCUT2D eigenvalue weighted by Crippen LogP contribution is 2.26. The van der Waals surface area contributed by atoms with Gasteiger partial charge in [0, 0.05) is 32.2 Å². The number of nitrogens with zero attached hydrogens (tertiary/aromatic N) is 2. The van der Waals surface area contributed by atoms with Gasteiger partial charge in [0.25, 0.3) is 0 Å². The second-order valence-electron chi connectivity index (χ2n) is 5.41. The Hall–Kier alpha value is -0.840. The number of furan rings is 1. The molecule has 1 saturated heterocycles. The summed E-state index contributed by atoms with van der Waals surface area (Å²) in [6.07, 6.45) is 3.95. The van der Waals surface area contributed by atoms with Gasteiger partial charge in [-0.05, 0) is 31.5 Å². The zero-order valence-corrected chi connectivity index (χ0v) is 12.2. The van der Waals surface area contributed by atoms with Crippen LogP contribution >= 0.6 is 0 Å². The van der Waals surface area contributed by atoms with Gasteiger partial charge in [-0.15, -0.1) is 0 Å². The van der Waals surface area contributed by atoms with Crippen LogP contribution in [0.25, 0.3) is 0 Å². The molecule has 0 bridgehead atoms. The molecule has 1 aliphatic heterocycles. The highest BCUT2D eigenvalue weighted by molar-refractivity contribution is 5.08. The topological polar surface area (TPSA) is 45.6 Å². The molecular formula is C15H27N3O. The molecule has 108 valence electrons. The minimum atomic E-state index is 0.142. The van der Waals surface area contributed by atoms with Crippen molar-refractivity contribution in [2.24, 2.45) is 5.73 Å². The monoisotopic (exact) mass is 265 g/mol. The first-order valence-corrected chi connectivity index (χ1v) is 7.51. The van der Waals surface area contributed by atoms with Crippen molar-refractivity contribution in [3.05, 3.63) is 24.2 Å². The van der Waals surface area contributed by atoms with Gasteiger partial charge < -0.3 is 15.1 Å². The molecule has 0 radical (unpaired) electrons. The maximum absolute atomic E-state index is 6.32. The summed E-state index contributed by atoms with van der Waals surface area (Å²) in [6, 6.07) is 4.38. The summed E-state index contributed by atoms with van der Waals surface area (Å²) in [7, 11) is 0. The van der Waals surface area contributed by atoms with E-state index in [1.54, 1.807) is 6.26 Å². The summed E-state index contributed by atoms with van der Waals surface area (Å²) in [5.74, 6) is 1.01. The Morgan fingerprint density at radius 1 is 1.26 bits per heavy atom. The molecule has 4 heteroatoms. The van der Waals surface area contributed by atoms with Gasteiger partial charge in [-0.2, -0.15) is 0 Å². The quantitative estimate of drug-likeness (QED) is 0.855. The van der Waals surface area contributed by atoms with E-state index in [1.807, 2.05) is 6.07 Å². The maximum Gasteiger partial charge on any atom is 0.122 e. The molecule has 2 heterocycles. The molecule has 0 spiro atoms. The lowest BCUT2D eigenvalue weighted by molar-refractivity contribution is 0.0737. The van der Waals surface area contributed by atoms with E-state index in [-0.39, 0.29) is 12.1 Å². The zero-order valence-electron chi connectivity index (χ0n) is 12.2. The Bertz CT molecular complexity index is 344. The van der Waals surface area contributed by atoms with Gasteiger partial charge in [-0.3, -0.25) is 4.90 Å². The molecule has 19 heavy (non-hydrogen) atoms. The van der Waals surface area contributed by atoms with Crippen LogP contribution in [-0.2, 0) is 0 Å². The molecule has 0 amide bonds. The standard InChI is InChI=1S/C15H27N3O/c1-3-7-17-8-10-18(11-9-17)15(13(16)4-2)14-6-5-12-19-14/h5-6,12-13,15H,3-4,7-11,16H2,1-2H3. The van der Waals surface area contributed by atoms with Crippen molar-refractivity contribution in [2.75, 3.05) is 32.7 Å².